The molecule has 0 saturated heterocycles. The van der Waals surface area contributed by atoms with E-state index in [4.69, 9.17) is 4.74 Å². The summed E-state index contributed by atoms with van der Waals surface area (Å²) in [5.41, 5.74) is 0.749. The van der Waals surface area contributed by atoms with Crippen molar-refractivity contribution >= 4 is 0 Å². The molecule has 15 heavy (non-hydrogen) atoms. The quantitative estimate of drug-likeness (QED) is 0.686. The lowest BCUT2D eigenvalue weighted by Gasteiger charge is -2.29. The predicted molar refractivity (Wildman–Crippen MR) is 64.9 cm³/mol. The lowest BCUT2D eigenvalue weighted by Crippen LogP contribution is -2.30. The molecule has 0 bridgehead atoms. The predicted octanol–water partition coefficient (Wildman–Crippen LogP) is 3.07. The van der Waals surface area contributed by atoms with Gasteiger partial charge in [0.25, 0.3) is 0 Å². The molecule has 88 valence electrons. The summed E-state index contributed by atoms with van der Waals surface area (Å²) in [5, 5.41) is 9.54. The van der Waals surface area contributed by atoms with Crippen LogP contribution in [0.25, 0.3) is 0 Å². The van der Waals surface area contributed by atoms with E-state index in [1.807, 2.05) is 20.8 Å². The summed E-state index contributed by atoms with van der Waals surface area (Å²) in [5.74, 6) is 0. The highest BCUT2D eigenvalue weighted by molar-refractivity contribution is 5.30. The van der Waals surface area contributed by atoms with E-state index < -0.39 is 11.2 Å². The van der Waals surface area contributed by atoms with Crippen LogP contribution < -0.4 is 0 Å². The second-order valence-electron chi connectivity index (χ2n) is 5.18. The minimum Gasteiger partial charge on any atom is -0.390 e. The van der Waals surface area contributed by atoms with E-state index >= 15 is 0 Å². The second-order valence-corrected chi connectivity index (χ2v) is 5.18. The minimum atomic E-state index is -0.680. The maximum atomic E-state index is 9.54. The van der Waals surface area contributed by atoms with Gasteiger partial charge in [-0.25, -0.2) is 0 Å². The fraction of sp³-hybridized carbons (Fsp3) is 0.692. The largest absolute Gasteiger partial charge is 0.390 e. The molecule has 0 fully saturated rings. The van der Waals surface area contributed by atoms with E-state index in [0.29, 0.717) is 13.0 Å². The second kappa shape index (κ2) is 4.95. The fourth-order valence-electron chi connectivity index (χ4n) is 1.16. The zero-order valence-corrected chi connectivity index (χ0v) is 10.7. The molecule has 0 atom stereocenters. The number of hydrogen-bond acceptors (Lipinski definition) is 2. The summed E-state index contributed by atoms with van der Waals surface area (Å²) in [6.45, 7) is 17.7. The molecule has 0 aliphatic carbocycles. The Morgan fingerprint density at radius 2 is 1.67 bits per heavy atom. The molecule has 0 heterocycles. The summed E-state index contributed by atoms with van der Waals surface area (Å²) in [6.07, 6.45) is 0.611. The van der Waals surface area contributed by atoms with E-state index in [9.17, 15) is 5.11 Å². The molecule has 0 spiro atoms. The normalized spacial score (nSPS) is 12.7. The maximum absolute atomic E-state index is 9.54. The topological polar surface area (TPSA) is 29.5 Å². The Morgan fingerprint density at radius 1 is 1.20 bits per heavy atom. The van der Waals surface area contributed by atoms with Crippen molar-refractivity contribution in [2.45, 2.75) is 52.2 Å². The SMILES string of the molecule is C=C(C)C(=C)C(C)(C)OCCC(C)(C)O. The van der Waals surface area contributed by atoms with Crippen LogP contribution in [0.1, 0.15) is 41.0 Å². The zero-order valence-electron chi connectivity index (χ0n) is 10.7. The van der Waals surface area contributed by atoms with E-state index in [2.05, 4.69) is 13.2 Å². The van der Waals surface area contributed by atoms with Gasteiger partial charge in [0.05, 0.1) is 17.8 Å². The van der Waals surface area contributed by atoms with Crippen LogP contribution in [0.15, 0.2) is 24.3 Å². The number of aliphatic hydroxyl groups is 1. The number of ether oxygens (including phenoxy) is 1. The molecule has 0 amide bonds. The van der Waals surface area contributed by atoms with Crippen molar-refractivity contribution in [3.8, 4) is 0 Å². The first-order chi connectivity index (χ1) is 6.56. The smallest absolute Gasteiger partial charge is 0.0871 e. The van der Waals surface area contributed by atoms with Gasteiger partial charge in [-0.2, -0.15) is 0 Å². The van der Waals surface area contributed by atoms with Gasteiger partial charge in [-0.15, -0.1) is 0 Å². The van der Waals surface area contributed by atoms with Gasteiger partial charge in [0, 0.05) is 0 Å². The van der Waals surface area contributed by atoms with E-state index in [0.717, 1.165) is 11.1 Å². The molecule has 2 heteroatoms. The van der Waals surface area contributed by atoms with Crippen LogP contribution in [0.3, 0.4) is 0 Å². The zero-order chi connectivity index (χ0) is 12.3. The maximum Gasteiger partial charge on any atom is 0.0871 e. The van der Waals surface area contributed by atoms with Gasteiger partial charge >= 0.3 is 0 Å². The lowest BCUT2D eigenvalue weighted by atomic mass is 9.94. The first-order valence-electron chi connectivity index (χ1n) is 5.28. The van der Waals surface area contributed by atoms with Crippen molar-refractivity contribution in [1.29, 1.82) is 0 Å². The van der Waals surface area contributed by atoms with E-state index in [1.54, 1.807) is 13.8 Å². The van der Waals surface area contributed by atoms with Crippen LogP contribution in [0.4, 0.5) is 0 Å². The van der Waals surface area contributed by atoms with Crippen molar-refractivity contribution in [3.63, 3.8) is 0 Å². The molecule has 0 rings (SSSR count). The van der Waals surface area contributed by atoms with Crippen LogP contribution in [0, 0.1) is 0 Å². The average molecular weight is 212 g/mol. The van der Waals surface area contributed by atoms with Crippen LogP contribution in [0.5, 0.6) is 0 Å². The summed E-state index contributed by atoms with van der Waals surface area (Å²) in [6, 6.07) is 0. The standard InChI is InChI=1S/C13H24O2/c1-10(2)11(3)13(6,7)15-9-8-12(4,5)14/h14H,1,3,8-9H2,2,4-7H3. The summed E-state index contributed by atoms with van der Waals surface area (Å²) in [4.78, 5) is 0. The molecule has 0 aromatic heterocycles. The lowest BCUT2D eigenvalue weighted by molar-refractivity contribution is -0.0252. The number of hydrogen-bond donors (Lipinski definition) is 1. The van der Waals surface area contributed by atoms with Crippen molar-refractivity contribution in [2.75, 3.05) is 6.61 Å². The van der Waals surface area contributed by atoms with Gasteiger partial charge in [0.2, 0.25) is 0 Å². The van der Waals surface area contributed by atoms with Crippen molar-refractivity contribution in [3.05, 3.63) is 24.3 Å². The highest BCUT2D eigenvalue weighted by Crippen LogP contribution is 2.25. The van der Waals surface area contributed by atoms with Gasteiger partial charge in [0.1, 0.15) is 0 Å². The Labute approximate surface area is 93.6 Å². The third-order valence-corrected chi connectivity index (χ3v) is 2.42. The number of rotatable bonds is 6. The minimum absolute atomic E-state index is 0.406. The molecule has 1 N–H and O–H groups in total. The van der Waals surface area contributed by atoms with Crippen LogP contribution in [-0.4, -0.2) is 22.9 Å². The van der Waals surface area contributed by atoms with Crippen molar-refractivity contribution in [1.82, 2.24) is 0 Å². The van der Waals surface area contributed by atoms with Gasteiger partial charge in [-0.1, -0.05) is 18.7 Å². The van der Waals surface area contributed by atoms with Gasteiger partial charge in [-0.3, -0.25) is 0 Å². The molecular formula is C13H24O2. The molecule has 0 aromatic carbocycles. The van der Waals surface area contributed by atoms with Gasteiger partial charge in [0.15, 0.2) is 0 Å². The van der Waals surface area contributed by atoms with Crippen LogP contribution in [0.2, 0.25) is 0 Å². The van der Waals surface area contributed by atoms with E-state index in [1.165, 1.54) is 0 Å². The molecule has 0 aromatic rings. The first-order valence-corrected chi connectivity index (χ1v) is 5.28. The molecule has 0 aliphatic rings. The third-order valence-electron chi connectivity index (χ3n) is 2.42. The Morgan fingerprint density at radius 3 is 2.00 bits per heavy atom. The third kappa shape index (κ3) is 5.75. The molecular weight excluding hydrogens is 188 g/mol. The molecule has 0 unspecified atom stereocenters. The Balaban J connectivity index is 4.17. The molecule has 0 saturated carbocycles. The summed E-state index contributed by atoms with van der Waals surface area (Å²) >= 11 is 0. The first kappa shape index (κ1) is 14.4. The Bertz CT molecular complexity index is 244. The Hall–Kier alpha value is -0.600. The highest BCUT2D eigenvalue weighted by atomic mass is 16.5. The van der Waals surface area contributed by atoms with Crippen LogP contribution >= 0.6 is 0 Å². The fourth-order valence-corrected chi connectivity index (χ4v) is 1.16. The highest BCUT2D eigenvalue weighted by Gasteiger charge is 2.24. The molecule has 0 radical (unpaired) electrons. The van der Waals surface area contributed by atoms with E-state index in [-0.39, 0.29) is 0 Å². The Kier molecular flexibility index (Phi) is 4.75. The monoisotopic (exact) mass is 212 g/mol. The average Bonchev–Trinajstić information content (AvgIpc) is 1.99. The van der Waals surface area contributed by atoms with Crippen molar-refractivity contribution in [2.24, 2.45) is 0 Å². The van der Waals surface area contributed by atoms with Gasteiger partial charge < -0.3 is 9.84 Å². The van der Waals surface area contributed by atoms with Crippen LogP contribution in [-0.2, 0) is 4.74 Å². The van der Waals surface area contributed by atoms with Gasteiger partial charge in [-0.05, 0) is 46.6 Å². The summed E-state index contributed by atoms with van der Waals surface area (Å²) < 4.78 is 5.71. The molecule has 0 aliphatic heterocycles. The van der Waals surface area contributed by atoms with Crippen molar-refractivity contribution < 1.29 is 9.84 Å². The molecule has 2 nitrogen and oxygen atoms in total. The summed E-state index contributed by atoms with van der Waals surface area (Å²) in [7, 11) is 0.